The number of carbonyl (C=O) groups excluding carboxylic acids is 1. The zero-order valence-electron chi connectivity index (χ0n) is 4.14. The van der Waals surface area contributed by atoms with Gasteiger partial charge in [-0.25, -0.2) is 0 Å². The molecule has 0 saturated carbocycles. The lowest BCUT2D eigenvalue weighted by molar-refractivity contribution is -0.113. The van der Waals surface area contributed by atoms with Crippen LogP contribution in [0.2, 0.25) is 0 Å². The van der Waals surface area contributed by atoms with Gasteiger partial charge in [-0.05, 0) is 6.92 Å². The first kappa shape index (κ1) is 6.01. The van der Waals surface area contributed by atoms with E-state index in [2.05, 4.69) is 0 Å². The maximum absolute atomic E-state index is 9.88. The van der Waals surface area contributed by atoms with Gasteiger partial charge in [0.1, 0.15) is 0 Å². The molecule has 0 aliphatic carbocycles. The lowest BCUT2D eigenvalue weighted by Crippen LogP contribution is -2.08. The Hall–Kier alpha value is -0.990. The van der Waals surface area contributed by atoms with Gasteiger partial charge in [0.25, 0.3) is 0 Å². The number of nitrogens with two attached hydrogens (primary N) is 2. The number of hydrogen-bond acceptors (Lipinski definition) is 2. The highest BCUT2D eigenvalue weighted by Gasteiger charge is 1.81. The molecule has 7 heavy (non-hydrogen) atoms. The largest absolute Gasteiger partial charge is 0.402 e. The average Bonchev–Trinajstić information content (AvgIpc) is 1.27. The quantitative estimate of drug-likeness (QED) is 0.429. The molecule has 0 fully saturated rings. The van der Waals surface area contributed by atoms with Crippen LogP contribution in [-0.2, 0) is 4.79 Å². The van der Waals surface area contributed by atoms with Crippen molar-refractivity contribution in [3.05, 3.63) is 11.8 Å². The topological polar surface area (TPSA) is 69.1 Å². The number of hydrogen-bond donors (Lipinski definition) is 2. The SMILES string of the molecule is CC(N)=CC(N)=O. The molecule has 4 N–H and O–H groups in total. The summed E-state index contributed by atoms with van der Waals surface area (Å²) in [6, 6.07) is 0. The fourth-order valence-electron chi connectivity index (χ4n) is 0.224. The number of allylic oxidation sites excluding steroid dienone is 1. The fourth-order valence-corrected chi connectivity index (χ4v) is 0.224. The Balaban J connectivity index is 3.68. The Kier molecular flexibility index (Phi) is 1.91. The second-order valence-corrected chi connectivity index (χ2v) is 1.29. The van der Waals surface area contributed by atoms with E-state index in [1.165, 1.54) is 6.08 Å². The monoisotopic (exact) mass is 100 g/mol. The summed E-state index contributed by atoms with van der Waals surface area (Å²) in [6.45, 7) is 1.60. The van der Waals surface area contributed by atoms with E-state index in [1.807, 2.05) is 0 Å². The summed E-state index contributed by atoms with van der Waals surface area (Å²) in [5.74, 6) is -0.500. The van der Waals surface area contributed by atoms with Crippen LogP contribution in [0.4, 0.5) is 0 Å². The first-order valence-electron chi connectivity index (χ1n) is 1.86. The van der Waals surface area contributed by atoms with Gasteiger partial charge in [0, 0.05) is 11.8 Å². The van der Waals surface area contributed by atoms with Gasteiger partial charge >= 0.3 is 0 Å². The minimum absolute atomic E-state index is 0.438. The van der Waals surface area contributed by atoms with Crippen molar-refractivity contribution < 1.29 is 4.79 Å². The minimum atomic E-state index is -0.500. The van der Waals surface area contributed by atoms with E-state index in [0.717, 1.165) is 0 Å². The normalized spacial score (nSPS) is 11.3. The van der Waals surface area contributed by atoms with Crippen LogP contribution in [0.5, 0.6) is 0 Å². The van der Waals surface area contributed by atoms with E-state index in [-0.39, 0.29) is 0 Å². The molecule has 0 aromatic heterocycles. The molecule has 0 atom stereocenters. The third-order valence-corrected chi connectivity index (χ3v) is 0.370. The minimum Gasteiger partial charge on any atom is -0.402 e. The summed E-state index contributed by atoms with van der Waals surface area (Å²) < 4.78 is 0. The third-order valence-electron chi connectivity index (χ3n) is 0.370. The van der Waals surface area contributed by atoms with Crippen molar-refractivity contribution in [1.29, 1.82) is 0 Å². The third kappa shape index (κ3) is 5.01. The molecule has 0 rings (SSSR count). The van der Waals surface area contributed by atoms with Crippen LogP contribution in [0.25, 0.3) is 0 Å². The smallest absolute Gasteiger partial charge is 0.243 e. The maximum Gasteiger partial charge on any atom is 0.243 e. The van der Waals surface area contributed by atoms with E-state index in [9.17, 15) is 4.79 Å². The van der Waals surface area contributed by atoms with Crippen LogP contribution in [0.15, 0.2) is 11.8 Å². The highest BCUT2D eigenvalue weighted by Crippen LogP contribution is 1.74. The second kappa shape index (κ2) is 2.23. The number of rotatable bonds is 1. The van der Waals surface area contributed by atoms with Crippen molar-refractivity contribution in [1.82, 2.24) is 0 Å². The van der Waals surface area contributed by atoms with Crippen molar-refractivity contribution in [2.75, 3.05) is 0 Å². The molecule has 3 heteroatoms. The van der Waals surface area contributed by atoms with Crippen molar-refractivity contribution >= 4 is 5.91 Å². The lowest BCUT2D eigenvalue weighted by Gasteiger charge is -1.82. The van der Waals surface area contributed by atoms with E-state index in [4.69, 9.17) is 11.5 Å². The van der Waals surface area contributed by atoms with Gasteiger partial charge in [-0.15, -0.1) is 0 Å². The van der Waals surface area contributed by atoms with Gasteiger partial charge in [-0.2, -0.15) is 0 Å². The Labute approximate surface area is 42.0 Å². The van der Waals surface area contributed by atoms with Crippen LogP contribution >= 0.6 is 0 Å². The molecule has 1 amide bonds. The molecule has 0 bridgehead atoms. The van der Waals surface area contributed by atoms with Gasteiger partial charge in [0.15, 0.2) is 0 Å². The van der Waals surface area contributed by atoms with Gasteiger partial charge in [-0.3, -0.25) is 4.79 Å². The summed E-state index contributed by atoms with van der Waals surface area (Å²) in [5.41, 5.74) is 10.2. The molecule has 0 aliphatic rings. The number of amides is 1. The highest BCUT2D eigenvalue weighted by molar-refractivity contribution is 5.86. The van der Waals surface area contributed by atoms with Gasteiger partial charge < -0.3 is 11.5 Å². The van der Waals surface area contributed by atoms with Gasteiger partial charge in [0.05, 0.1) is 0 Å². The van der Waals surface area contributed by atoms with Crippen LogP contribution in [0.1, 0.15) is 6.92 Å². The van der Waals surface area contributed by atoms with Crippen molar-refractivity contribution in [2.45, 2.75) is 6.92 Å². The van der Waals surface area contributed by atoms with Crippen molar-refractivity contribution in [3.63, 3.8) is 0 Å². The number of primary amides is 1. The van der Waals surface area contributed by atoms with Crippen LogP contribution < -0.4 is 11.5 Å². The van der Waals surface area contributed by atoms with Crippen LogP contribution in [-0.4, -0.2) is 5.91 Å². The first-order valence-corrected chi connectivity index (χ1v) is 1.86. The van der Waals surface area contributed by atoms with Crippen LogP contribution in [0.3, 0.4) is 0 Å². The number of carbonyl (C=O) groups is 1. The van der Waals surface area contributed by atoms with Gasteiger partial charge in [0.2, 0.25) is 5.91 Å². The summed E-state index contributed by atoms with van der Waals surface area (Å²) >= 11 is 0. The predicted molar refractivity (Wildman–Crippen MR) is 27.1 cm³/mol. The zero-order chi connectivity index (χ0) is 5.86. The first-order chi connectivity index (χ1) is 3.13. The van der Waals surface area contributed by atoms with E-state index < -0.39 is 5.91 Å². The van der Waals surface area contributed by atoms with Crippen molar-refractivity contribution in [3.8, 4) is 0 Å². The standard InChI is InChI=1S/C4H8N2O/c1-3(5)2-4(6)7/h2H,5H2,1H3,(H2,6,7). The molecule has 0 aromatic rings. The predicted octanol–water partition coefficient (Wildman–Crippen LogP) is -0.666. The molecule has 0 spiro atoms. The Bertz CT molecular complexity index is 102. The molecule has 0 heterocycles. The molecule has 0 saturated heterocycles. The van der Waals surface area contributed by atoms with E-state index in [1.54, 1.807) is 6.92 Å². The second-order valence-electron chi connectivity index (χ2n) is 1.29. The Morgan fingerprint density at radius 2 is 2.00 bits per heavy atom. The average molecular weight is 100 g/mol. The molecule has 0 unspecified atom stereocenters. The Morgan fingerprint density at radius 1 is 1.57 bits per heavy atom. The summed E-state index contributed by atoms with van der Waals surface area (Å²) in [6.07, 6.45) is 1.17. The molecular weight excluding hydrogens is 92.1 g/mol. The zero-order valence-corrected chi connectivity index (χ0v) is 4.14. The van der Waals surface area contributed by atoms with E-state index in [0.29, 0.717) is 5.70 Å². The Morgan fingerprint density at radius 3 is 2.00 bits per heavy atom. The summed E-state index contributed by atoms with van der Waals surface area (Å²) in [7, 11) is 0. The summed E-state index contributed by atoms with van der Waals surface area (Å²) in [5, 5.41) is 0. The van der Waals surface area contributed by atoms with Crippen LogP contribution in [0, 0.1) is 0 Å². The molecule has 0 radical (unpaired) electrons. The highest BCUT2D eigenvalue weighted by atomic mass is 16.1. The molecule has 3 nitrogen and oxygen atoms in total. The summed E-state index contributed by atoms with van der Waals surface area (Å²) in [4.78, 5) is 9.88. The molecule has 0 aliphatic heterocycles. The fraction of sp³-hybridized carbons (Fsp3) is 0.250. The van der Waals surface area contributed by atoms with Crippen molar-refractivity contribution in [2.24, 2.45) is 11.5 Å². The molecule has 40 valence electrons. The maximum atomic E-state index is 9.88. The molecular formula is C4H8N2O. The van der Waals surface area contributed by atoms with Gasteiger partial charge in [-0.1, -0.05) is 0 Å². The van der Waals surface area contributed by atoms with E-state index >= 15 is 0 Å². The lowest BCUT2D eigenvalue weighted by atomic mass is 10.4. The molecule has 0 aromatic carbocycles.